The molecule has 2 aromatic rings. The Morgan fingerprint density at radius 3 is 2.79 bits per heavy atom. The summed E-state index contributed by atoms with van der Waals surface area (Å²) < 4.78 is 1.69. The van der Waals surface area contributed by atoms with Gasteiger partial charge in [-0.3, -0.25) is 9.48 Å². The molecule has 2 rings (SSSR count). The third-order valence-corrected chi connectivity index (χ3v) is 2.91. The smallest absolute Gasteiger partial charge is 0.276 e. The van der Waals surface area contributed by atoms with Crippen LogP contribution in [0, 0.1) is 6.92 Å². The van der Waals surface area contributed by atoms with Crippen LogP contribution in [0.2, 0.25) is 0 Å². The second-order valence-electron chi connectivity index (χ2n) is 4.48. The van der Waals surface area contributed by atoms with E-state index in [0.717, 1.165) is 23.5 Å². The molecule has 1 aromatic heterocycles. The van der Waals surface area contributed by atoms with E-state index in [4.69, 9.17) is 0 Å². The molecule has 0 unspecified atom stereocenters. The first-order chi connectivity index (χ1) is 9.10. The monoisotopic (exact) mass is 258 g/mol. The largest absolute Gasteiger partial charge is 0.321 e. The molecule has 5 nitrogen and oxygen atoms in total. The summed E-state index contributed by atoms with van der Waals surface area (Å²) in [5.74, 6) is -0.190. The van der Waals surface area contributed by atoms with Gasteiger partial charge < -0.3 is 10.6 Å². The number of hydrogen-bond acceptors (Lipinski definition) is 3. The van der Waals surface area contributed by atoms with Crippen LogP contribution in [0.4, 0.5) is 5.69 Å². The maximum atomic E-state index is 12.0. The van der Waals surface area contributed by atoms with Gasteiger partial charge in [-0.05, 0) is 37.7 Å². The molecule has 5 heteroatoms. The van der Waals surface area contributed by atoms with Crippen LogP contribution in [0.15, 0.2) is 30.3 Å². The summed E-state index contributed by atoms with van der Waals surface area (Å²) in [6, 6.07) is 9.52. The maximum Gasteiger partial charge on any atom is 0.276 e. The van der Waals surface area contributed by atoms with E-state index in [1.165, 1.54) is 0 Å². The Morgan fingerprint density at radius 2 is 2.16 bits per heavy atom. The average Bonchev–Trinajstić information content (AvgIpc) is 2.71. The molecule has 0 radical (unpaired) electrons. The van der Waals surface area contributed by atoms with Gasteiger partial charge in [0.1, 0.15) is 0 Å². The number of aryl methyl sites for hydroxylation is 2. The first-order valence-corrected chi connectivity index (χ1v) is 6.15. The minimum atomic E-state index is -0.190. The molecular formula is C14H18N4O. The molecule has 1 amide bonds. The van der Waals surface area contributed by atoms with Gasteiger partial charge in [-0.25, -0.2) is 0 Å². The van der Waals surface area contributed by atoms with E-state index in [1.54, 1.807) is 10.7 Å². The Balaban J connectivity index is 2.12. The average molecular weight is 258 g/mol. The lowest BCUT2D eigenvalue weighted by atomic mass is 10.2. The third-order valence-electron chi connectivity index (χ3n) is 2.91. The van der Waals surface area contributed by atoms with E-state index in [-0.39, 0.29) is 5.91 Å². The van der Waals surface area contributed by atoms with Crippen molar-refractivity contribution in [3.05, 3.63) is 47.3 Å². The number of nitrogens with zero attached hydrogens (tertiary/aromatic N) is 2. The molecule has 19 heavy (non-hydrogen) atoms. The van der Waals surface area contributed by atoms with Crippen LogP contribution in [-0.4, -0.2) is 22.7 Å². The molecule has 0 aliphatic carbocycles. The number of benzene rings is 1. The Hall–Kier alpha value is -2.14. The molecule has 2 N–H and O–H groups in total. The Labute approximate surface area is 112 Å². The van der Waals surface area contributed by atoms with Crippen LogP contribution in [0.5, 0.6) is 0 Å². The van der Waals surface area contributed by atoms with Crippen molar-refractivity contribution in [1.82, 2.24) is 15.1 Å². The van der Waals surface area contributed by atoms with Crippen LogP contribution < -0.4 is 10.6 Å². The van der Waals surface area contributed by atoms with Gasteiger partial charge in [0, 0.05) is 25.0 Å². The van der Waals surface area contributed by atoms with Crippen molar-refractivity contribution in [2.24, 2.45) is 7.05 Å². The summed E-state index contributed by atoms with van der Waals surface area (Å²) in [7, 11) is 3.71. The zero-order chi connectivity index (χ0) is 13.8. The zero-order valence-electron chi connectivity index (χ0n) is 11.4. The Morgan fingerprint density at radius 1 is 1.37 bits per heavy atom. The predicted octanol–water partition coefficient (Wildman–Crippen LogP) is 1.70. The molecule has 0 fully saturated rings. The zero-order valence-corrected chi connectivity index (χ0v) is 11.4. The molecule has 1 heterocycles. The summed E-state index contributed by atoms with van der Waals surface area (Å²) in [5.41, 5.74) is 3.28. The van der Waals surface area contributed by atoms with Crippen LogP contribution >= 0.6 is 0 Å². The number of carbonyl (C=O) groups is 1. The van der Waals surface area contributed by atoms with E-state index in [9.17, 15) is 4.79 Å². The molecule has 0 bridgehead atoms. The Bertz CT molecular complexity index is 569. The van der Waals surface area contributed by atoms with Gasteiger partial charge in [0.05, 0.1) is 0 Å². The number of carbonyl (C=O) groups excluding carboxylic acids is 1. The van der Waals surface area contributed by atoms with Crippen LogP contribution in [0.1, 0.15) is 21.7 Å². The number of nitrogens with one attached hydrogen (secondary N) is 2. The van der Waals surface area contributed by atoms with Gasteiger partial charge in [0.25, 0.3) is 5.91 Å². The minimum Gasteiger partial charge on any atom is -0.321 e. The van der Waals surface area contributed by atoms with Crippen molar-refractivity contribution in [3.63, 3.8) is 0 Å². The van der Waals surface area contributed by atoms with Gasteiger partial charge in [-0.15, -0.1) is 0 Å². The number of amides is 1. The van der Waals surface area contributed by atoms with E-state index >= 15 is 0 Å². The summed E-state index contributed by atoms with van der Waals surface area (Å²) in [4.78, 5) is 12.0. The van der Waals surface area contributed by atoms with E-state index in [1.807, 2.05) is 45.3 Å². The fourth-order valence-electron chi connectivity index (χ4n) is 1.83. The molecule has 0 aliphatic heterocycles. The highest BCUT2D eigenvalue weighted by Crippen LogP contribution is 2.12. The summed E-state index contributed by atoms with van der Waals surface area (Å²) in [6.45, 7) is 2.68. The second kappa shape index (κ2) is 5.67. The highest BCUT2D eigenvalue weighted by molar-refractivity contribution is 6.02. The summed E-state index contributed by atoms with van der Waals surface area (Å²) in [6.07, 6.45) is 0. The van der Waals surface area contributed by atoms with Crippen LogP contribution in [0.3, 0.4) is 0 Å². The number of aromatic nitrogens is 2. The topological polar surface area (TPSA) is 58.9 Å². The lowest BCUT2D eigenvalue weighted by Gasteiger charge is -2.06. The van der Waals surface area contributed by atoms with Gasteiger partial charge in [-0.2, -0.15) is 5.10 Å². The number of anilines is 1. The maximum absolute atomic E-state index is 12.0. The van der Waals surface area contributed by atoms with Gasteiger partial charge in [-0.1, -0.05) is 12.1 Å². The third kappa shape index (κ3) is 3.20. The normalized spacial score (nSPS) is 10.5. The van der Waals surface area contributed by atoms with Crippen molar-refractivity contribution in [3.8, 4) is 0 Å². The molecule has 100 valence electrons. The lowest BCUT2D eigenvalue weighted by Crippen LogP contribution is -2.13. The first-order valence-electron chi connectivity index (χ1n) is 6.15. The fourth-order valence-corrected chi connectivity index (χ4v) is 1.83. The molecule has 0 spiro atoms. The predicted molar refractivity (Wildman–Crippen MR) is 75.1 cm³/mol. The lowest BCUT2D eigenvalue weighted by molar-refractivity contribution is 0.102. The van der Waals surface area contributed by atoms with E-state index in [0.29, 0.717) is 5.69 Å². The fraction of sp³-hybridized carbons (Fsp3) is 0.286. The Kier molecular flexibility index (Phi) is 3.97. The molecule has 0 saturated heterocycles. The van der Waals surface area contributed by atoms with Crippen molar-refractivity contribution in [2.45, 2.75) is 13.5 Å². The van der Waals surface area contributed by atoms with Gasteiger partial charge in [0.15, 0.2) is 5.69 Å². The first kappa shape index (κ1) is 13.3. The van der Waals surface area contributed by atoms with Crippen molar-refractivity contribution >= 4 is 11.6 Å². The molecule has 0 aliphatic rings. The number of rotatable bonds is 4. The molecule has 1 aromatic carbocycles. The van der Waals surface area contributed by atoms with E-state index < -0.39 is 0 Å². The van der Waals surface area contributed by atoms with E-state index in [2.05, 4.69) is 15.7 Å². The molecule has 0 atom stereocenters. The minimum absolute atomic E-state index is 0.190. The van der Waals surface area contributed by atoms with Crippen molar-refractivity contribution < 1.29 is 4.79 Å². The summed E-state index contributed by atoms with van der Waals surface area (Å²) >= 11 is 0. The summed E-state index contributed by atoms with van der Waals surface area (Å²) in [5, 5.41) is 10.1. The van der Waals surface area contributed by atoms with Crippen LogP contribution in [-0.2, 0) is 13.6 Å². The van der Waals surface area contributed by atoms with Gasteiger partial charge in [0.2, 0.25) is 0 Å². The highest BCUT2D eigenvalue weighted by atomic mass is 16.1. The highest BCUT2D eigenvalue weighted by Gasteiger charge is 2.11. The number of hydrogen-bond donors (Lipinski definition) is 2. The SMILES string of the molecule is CNCc1cccc(NC(=O)c2cc(C)n(C)n2)c1. The van der Waals surface area contributed by atoms with Gasteiger partial charge >= 0.3 is 0 Å². The van der Waals surface area contributed by atoms with Crippen molar-refractivity contribution in [1.29, 1.82) is 0 Å². The standard InChI is InChI=1S/C14H18N4O/c1-10-7-13(17-18(10)3)14(19)16-12-6-4-5-11(8-12)9-15-2/h4-8,15H,9H2,1-3H3,(H,16,19). The quantitative estimate of drug-likeness (QED) is 0.877. The second-order valence-corrected chi connectivity index (χ2v) is 4.48. The molecular weight excluding hydrogens is 240 g/mol. The van der Waals surface area contributed by atoms with Crippen LogP contribution in [0.25, 0.3) is 0 Å². The van der Waals surface area contributed by atoms with Crippen molar-refractivity contribution in [2.75, 3.05) is 12.4 Å². The molecule has 0 saturated carbocycles.